The Morgan fingerprint density at radius 2 is 1.70 bits per heavy atom. The lowest BCUT2D eigenvalue weighted by Crippen LogP contribution is -2.18. The fourth-order valence-corrected chi connectivity index (χ4v) is 0.580. The van der Waals surface area contributed by atoms with Gasteiger partial charge in [-0.1, -0.05) is 0 Å². The second kappa shape index (κ2) is 2.34. The molecule has 0 bridgehead atoms. The maximum Gasteiger partial charge on any atom is 0.395 e. The van der Waals surface area contributed by atoms with Crippen LogP contribution in [0.15, 0.2) is 24.5 Å². The highest BCUT2D eigenvalue weighted by Crippen LogP contribution is 1.88. The summed E-state index contributed by atoms with van der Waals surface area (Å²) in [6.07, 6.45) is 2.77. The Hall–Kier alpha value is -1.58. The minimum absolute atomic E-state index is 0.940. The van der Waals surface area contributed by atoms with Gasteiger partial charge in [-0.25, -0.2) is 4.79 Å². The van der Waals surface area contributed by atoms with Crippen LogP contribution in [-0.2, 0) is 4.79 Å². The molecule has 0 aliphatic rings. The average molecular weight is 139 g/mol. The third-order valence-corrected chi connectivity index (χ3v) is 1.02. The number of nitrogens with zero attached hydrogens (tertiary/aromatic N) is 1. The first kappa shape index (κ1) is 6.54. The summed E-state index contributed by atoms with van der Waals surface area (Å²) in [5.41, 5.74) is 0. The van der Waals surface area contributed by atoms with Crippen molar-refractivity contribution in [3.63, 3.8) is 0 Å². The van der Waals surface area contributed by atoms with Crippen molar-refractivity contribution in [2.45, 2.75) is 0 Å². The van der Waals surface area contributed by atoms with Crippen molar-refractivity contribution in [2.75, 3.05) is 0 Å². The first-order valence-corrected chi connectivity index (χ1v) is 2.62. The van der Waals surface area contributed by atoms with Crippen molar-refractivity contribution in [3.05, 3.63) is 24.5 Å². The number of carboxylic acids is 1. The smallest absolute Gasteiger partial charge is 0.395 e. The molecule has 0 aliphatic carbocycles. The van der Waals surface area contributed by atoms with Gasteiger partial charge in [-0.3, -0.25) is 9.36 Å². The molecule has 0 aromatic carbocycles. The molecule has 0 fully saturated rings. The molecule has 0 unspecified atom stereocenters. The Bertz CT molecular complexity index is 250. The lowest BCUT2D eigenvalue weighted by molar-refractivity contribution is -0.132. The van der Waals surface area contributed by atoms with Gasteiger partial charge in [0.1, 0.15) is 0 Å². The minimum Gasteiger partial charge on any atom is -0.474 e. The van der Waals surface area contributed by atoms with E-state index < -0.39 is 11.9 Å². The van der Waals surface area contributed by atoms with E-state index in [-0.39, 0.29) is 0 Å². The summed E-state index contributed by atoms with van der Waals surface area (Å²) in [4.78, 5) is 20.6. The first-order chi connectivity index (χ1) is 4.72. The van der Waals surface area contributed by atoms with E-state index in [1.807, 2.05) is 0 Å². The summed E-state index contributed by atoms with van der Waals surface area (Å²) in [5, 5.41) is 8.18. The third-order valence-electron chi connectivity index (χ3n) is 1.02. The predicted molar refractivity (Wildman–Crippen MR) is 32.7 cm³/mol. The molecular weight excluding hydrogens is 134 g/mol. The molecule has 10 heavy (non-hydrogen) atoms. The molecule has 0 saturated heterocycles. The number of aromatic nitrogens is 1. The van der Waals surface area contributed by atoms with Crippen molar-refractivity contribution in [2.24, 2.45) is 0 Å². The summed E-state index contributed by atoms with van der Waals surface area (Å²) >= 11 is 0. The number of hydrogen-bond donors (Lipinski definition) is 1. The second-order valence-electron chi connectivity index (χ2n) is 1.70. The van der Waals surface area contributed by atoms with E-state index in [2.05, 4.69) is 0 Å². The lowest BCUT2D eigenvalue weighted by atomic mass is 10.6. The van der Waals surface area contributed by atoms with Crippen molar-refractivity contribution >= 4 is 11.9 Å². The molecule has 0 spiro atoms. The predicted octanol–water partition coefficient (Wildman–Crippen LogP) is 0.213. The lowest BCUT2D eigenvalue weighted by Gasteiger charge is -1.91. The van der Waals surface area contributed by atoms with Crippen molar-refractivity contribution in [1.82, 2.24) is 4.57 Å². The van der Waals surface area contributed by atoms with Gasteiger partial charge in [-0.2, -0.15) is 0 Å². The van der Waals surface area contributed by atoms with Gasteiger partial charge in [0.05, 0.1) is 0 Å². The van der Waals surface area contributed by atoms with E-state index in [0.29, 0.717) is 0 Å². The Kier molecular flexibility index (Phi) is 1.53. The van der Waals surface area contributed by atoms with Crippen molar-refractivity contribution < 1.29 is 14.7 Å². The Balaban J connectivity index is 2.88. The molecule has 0 radical (unpaired) electrons. The zero-order chi connectivity index (χ0) is 7.56. The number of carbonyl (C=O) groups excluding carboxylic acids is 1. The monoisotopic (exact) mass is 139 g/mol. The van der Waals surface area contributed by atoms with Crippen LogP contribution in [0.1, 0.15) is 4.79 Å². The Labute approximate surface area is 56.7 Å². The van der Waals surface area contributed by atoms with Gasteiger partial charge in [-0.05, 0) is 12.1 Å². The van der Waals surface area contributed by atoms with Crippen LogP contribution in [0.25, 0.3) is 0 Å². The van der Waals surface area contributed by atoms with Gasteiger partial charge in [0.2, 0.25) is 0 Å². The van der Waals surface area contributed by atoms with Gasteiger partial charge in [0, 0.05) is 12.4 Å². The normalized spacial score (nSPS) is 9.20. The van der Waals surface area contributed by atoms with Crippen LogP contribution in [0.5, 0.6) is 0 Å². The van der Waals surface area contributed by atoms with Crippen LogP contribution < -0.4 is 0 Å². The van der Waals surface area contributed by atoms with Gasteiger partial charge in [-0.15, -0.1) is 0 Å². The van der Waals surface area contributed by atoms with E-state index in [9.17, 15) is 9.59 Å². The zero-order valence-corrected chi connectivity index (χ0v) is 5.02. The van der Waals surface area contributed by atoms with Gasteiger partial charge in [0.15, 0.2) is 0 Å². The maximum atomic E-state index is 10.6. The van der Waals surface area contributed by atoms with Crippen LogP contribution in [0.3, 0.4) is 0 Å². The number of hydrogen-bond acceptors (Lipinski definition) is 2. The Morgan fingerprint density at radius 1 is 1.20 bits per heavy atom. The van der Waals surface area contributed by atoms with E-state index in [1.54, 1.807) is 12.1 Å². The third kappa shape index (κ3) is 1.05. The quantitative estimate of drug-likeness (QED) is 0.523. The summed E-state index contributed by atoms with van der Waals surface area (Å²) < 4.78 is 1.00. The largest absolute Gasteiger partial charge is 0.474 e. The topological polar surface area (TPSA) is 59.3 Å². The van der Waals surface area contributed by atoms with Crippen LogP contribution in [0.2, 0.25) is 0 Å². The fourth-order valence-electron chi connectivity index (χ4n) is 0.580. The van der Waals surface area contributed by atoms with Crippen LogP contribution in [0.4, 0.5) is 0 Å². The summed E-state index contributed by atoms with van der Waals surface area (Å²) in [7, 11) is 0. The molecule has 0 saturated carbocycles. The van der Waals surface area contributed by atoms with Crippen molar-refractivity contribution in [1.29, 1.82) is 0 Å². The Morgan fingerprint density at radius 3 is 2.10 bits per heavy atom. The molecule has 4 nitrogen and oxygen atoms in total. The molecule has 1 heterocycles. The maximum absolute atomic E-state index is 10.6. The van der Waals surface area contributed by atoms with E-state index in [1.165, 1.54) is 12.4 Å². The SMILES string of the molecule is O=C(O)C(=O)n1cccc1. The molecule has 1 aromatic heterocycles. The van der Waals surface area contributed by atoms with Crippen LogP contribution in [0, 0.1) is 0 Å². The molecule has 1 rings (SSSR count). The summed E-state index contributed by atoms with van der Waals surface area (Å²) in [6.45, 7) is 0. The highest BCUT2D eigenvalue weighted by Gasteiger charge is 2.11. The molecule has 0 amide bonds. The molecule has 4 heteroatoms. The van der Waals surface area contributed by atoms with E-state index in [4.69, 9.17) is 5.11 Å². The second-order valence-corrected chi connectivity index (χ2v) is 1.70. The first-order valence-electron chi connectivity index (χ1n) is 2.62. The zero-order valence-electron chi connectivity index (χ0n) is 5.02. The summed E-state index contributed by atoms with van der Waals surface area (Å²) in [5.74, 6) is -2.39. The number of carbonyl (C=O) groups is 2. The van der Waals surface area contributed by atoms with Crippen LogP contribution in [-0.4, -0.2) is 21.6 Å². The minimum atomic E-state index is -1.45. The van der Waals surface area contributed by atoms with Gasteiger partial charge < -0.3 is 5.11 Å². The molecule has 52 valence electrons. The highest BCUT2D eigenvalue weighted by molar-refractivity contribution is 6.32. The standard InChI is InChI=1S/C6H5NO3/c8-5(6(9)10)7-3-1-2-4-7/h1-4H,(H,9,10). The molecule has 0 atom stereocenters. The van der Waals surface area contributed by atoms with E-state index >= 15 is 0 Å². The number of rotatable bonds is 0. The van der Waals surface area contributed by atoms with Crippen molar-refractivity contribution in [3.8, 4) is 0 Å². The van der Waals surface area contributed by atoms with Gasteiger partial charge in [0.25, 0.3) is 0 Å². The number of carboxylic acid groups (broad SMARTS) is 1. The molecular formula is C6H5NO3. The molecule has 1 aromatic rings. The number of aliphatic carboxylic acids is 1. The average Bonchev–Trinajstić information content (AvgIpc) is 2.36. The van der Waals surface area contributed by atoms with Gasteiger partial charge >= 0.3 is 11.9 Å². The molecule has 1 N–H and O–H groups in total. The molecule has 0 aliphatic heterocycles. The van der Waals surface area contributed by atoms with Crippen LogP contribution >= 0.6 is 0 Å². The summed E-state index contributed by atoms with van der Waals surface area (Å²) in [6, 6.07) is 3.17. The fraction of sp³-hybridized carbons (Fsp3) is 0. The highest BCUT2D eigenvalue weighted by atomic mass is 16.4. The van der Waals surface area contributed by atoms with E-state index in [0.717, 1.165) is 4.57 Å².